The van der Waals surface area contributed by atoms with E-state index in [0.29, 0.717) is 12.1 Å². The number of hydrogen-bond donors (Lipinski definition) is 2. The number of nitrogens with one attached hydrogen (secondary N) is 2. The second-order valence-corrected chi connectivity index (χ2v) is 8.27. The minimum atomic E-state index is -0.109. The molecule has 5 nitrogen and oxygen atoms in total. The number of carbonyl (C=O) groups excluding carboxylic acids is 2. The minimum absolute atomic E-state index is 0.0756. The second-order valence-electron chi connectivity index (χ2n) is 8.27. The second kappa shape index (κ2) is 7.91. The summed E-state index contributed by atoms with van der Waals surface area (Å²) in [6.07, 6.45) is 2.96. The molecule has 1 saturated carbocycles. The first kappa shape index (κ1) is 19.4. The highest BCUT2D eigenvalue weighted by atomic mass is 16.2. The fraction of sp³-hybridized carbons (Fsp3) is 0.231. The van der Waals surface area contributed by atoms with Crippen LogP contribution in [-0.2, 0) is 13.0 Å². The van der Waals surface area contributed by atoms with Gasteiger partial charge in [0.05, 0.1) is 0 Å². The van der Waals surface area contributed by atoms with Gasteiger partial charge in [0.25, 0.3) is 5.91 Å². The molecule has 0 heterocycles. The number of anilines is 1. The van der Waals surface area contributed by atoms with Crippen LogP contribution in [0.15, 0.2) is 66.7 Å². The molecule has 0 aliphatic heterocycles. The molecule has 5 rings (SSSR count). The zero-order valence-corrected chi connectivity index (χ0v) is 17.5. The first-order valence-electron chi connectivity index (χ1n) is 10.7. The van der Waals surface area contributed by atoms with Crippen LogP contribution in [0.1, 0.15) is 39.9 Å². The molecule has 2 aliphatic rings. The molecule has 1 fully saturated rings. The van der Waals surface area contributed by atoms with Crippen LogP contribution < -0.4 is 10.6 Å². The van der Waals surface area contributed by atoms with E-state index in [4.69, 9.17) is 0 Å². The standard InChI is InChI=1S/C26H25N3O2/c1-27-25(30)18-8-6-17(7-9-18)16-29(22-11-12-22)26(31)28-21-10-13-24-20(15-21)14-19-4-2-3-5-23(19)24/h2-10,13,15,22H,11-12,14,16H2,1H3,(H,27,30)(H,28,31). The van der Waals surface area contributed by atoms with Gasteiger partial charge < -0.3 is 15.5 Å². The highest BCUT2D eigenvalue weighted by Crippen LogP contribution is 2.38. The average Bonchev–Trinajstić information content (AvgIpc) is 3.57. The van der Waals surface area contributed by atoms with Crippen LogP contribution in [0.4, 0.5) is 10.5 Å². The Labute approximate surface area is 182 Å². The quantitative estimate of drug-likeness (QED) is 0.495. The summed E-state index contributed by atoms with van der Waals surface area (Å²) in [4.78, 5) is 26.7. The van der Waals surface area contributed by atoms with Gasteiger partial charge >= 0.3 is 6.03 Å². The van der Waals surface area contributed by atoms with E-state index in [-0.39, 0.29) is 18.0 Å². The highest BCUT2D eigenvalue weighted by Gasteiger charge is 2.33. The number of urea groups is 1. The smallest absolute Gasteiger partial charge is 0.322 e. The molecule has 5 heteroatoms. The molecule has 3 aromatic carbocycles. The molecule has 3 aromatic rings. The molecule has 0 spiro atoms. The Morgan fingerprint density at radius 3 is 2.42 bits per heavy atom. The maximum absolute atomic E-state index is 13.1. The topological polar surface area (TPSA) is 61.4 Å². The van der Waals surface area contributed by atoms with Crippen molar-refractivity contribution in [1.29, 1.82) is 0 Å². The maximum atomic E-state index is 13.1. The van der Waals surface area contributed by atoms with Crippen LogP contribution in [-0.4, -0.2) is 29.9 Å². The molecule has 2 N–H and O–H groups in total. The number of nitrogens with zero attached hydrogens (tertiary/aromatic N) is 1. The lowest BCUT2D eigenvalue weighted by Crippen LogP contribution is -2.36. The van der Waals surface area contributed by atoms with Gasteiger partial charge in [-0.2, -0.15) is 0 Å². The Morgan fingerprint density at radius 1 is 0.935 bits per heavy atom. The molecule has 0 radical (unpaired) electrons. The van der Waals surface area contributed by atoms with Gasteiger partial charge in [-0.05, 0) is 71.3 Å². The molecule has 156 valence electrons. The van der Waals surface area contributed by atoms with Gasteiger partial charge in [0, 0.05) is 30.9 Å². The molecule has 0 atom stereocenters. The molecule has 3 amide bonds. The fourth-order valence-electron chi connectivity index (χ4n) is 4.27. The lowest BCUT2D eigenvalue weighted by molar-refractivity contribution is 0.0963. The van der Waals surface area contributed by atoms with Crippen molar-refractivity contribution in [2.45, 2.75) is 31.8 Å². The third kappa shape index (κ3) is 3.91. The SMILES string of the molecule is CNC(=O)c1ccc(CN(C(=O)Nc2ccc3c(c2)Cc2ccccc2-3)C2CC2)cc1. The summed E-state index contributed by atoms with van der Waals surface area (Å²) in [5.41, 5.74) is 7.59. The lowest BCUT2D eigenvalue weighted by atomic mass is 10.1. The molecule has 0 saturated heterocycles. The normalized spacial score (nSPS) is 13.8. The average molecular weight is 412 g/mol. The predicted octanol–water partition coefficient (Wildman–Crippen LogP) is 4.81. The summed E-state index contributed by atoms with van der Waals surface area (Å²) in [6, 6.07) is 22.3. The number of benzene rings is 3. The van der Waals surface area contributed by atoms with E-state index in [1.54, 1.807) is 19.2 Å². The van der Waals surface area contributed by atoms with E-state index in [2.05, 4.69) is 47.0 Å². The van der Waals surface area contributed by atoms with Crippen molar-refractivity contribution in [3.05, 3.63) is 89.0 Å². The summed E-state index contributed by atoms with van der Waals surface area (Å²) in [5, 5.41) is 5.73. The van der Waals surface area contributed by atoms with Gasteiger partial charge in [-0.25, -0.2) is 4.79 Å². The Hall–Kier alpha value is -3.60. The van der Waals surface area contributed by atoms with Gasteiger partial charge in [0.2, 0.25) is 0 Å². The van der Waals surface area contributed by atoms with Crippen molar-refractivity contribution in [2.75, 3.05) is 12.4 Å². The molecule has 0 aromatic heterocycles. The number of hydrogen-bond acceptors (Lipinski definition) is 2. The van der Waals surface area contributed by atoms with Gasteiger partial charge in [-0.15, -0.1) is 0 Å². The largest absolute Gasteiger partial charge is 0.355 e. The van der Waals surface area contributed by atoms with E-state index in [1.165, 1.54) is 22.3 Å². The zero-order chi connectivity index (χ0) is 21.4. The third-order valence-corrected chi connectivity index (χ3v) is 6.09. The highest BCUT2D eigenvalue weighted by molar-refractivity contribution is 5.94. The van der Waals surface area contributed by atoms with Crippen molar-refractivity contribution in [3.8, 4) is 11.1 Å². The number of rotatable bonds is 5. The van der Waals surface area contributed by atoms with Crippen LogP contribution in [0.2, 0.25) is 0 Å². The van der Waals surface area contributed by atoms with Crippen LogP contribution in [0.5, 0.6) is 0 Å². The number of amides is 3. The molecular formula is C26H25N3O2. The third-order valence-electron chi connectivity index (χ3n) is 6.09. The summed E-state index contributed by atoms with van der Waals surface area (Å²) in [5.74, 6) is -0.109. The first-order chi connectivity index (χ1) is 15.1. The Kier molecular flexibility index (Phi) is 4.94. The monoisotopic (exact) mass is 411 g/mol. The van der Waals surface area contributed by atoms with Crippen molar-refractivity contribution in [3.63, 3.8) is 0 Å². The van der Waals surface area contributed by atoms with Gasteiger partial charge in [0.1, 0.15) is 0 Å². The van der Waals surface area contributed by atoms with E-state index < -0.39 is 0 Å². The summed E-state index contributed by atoms with van der Waals surface area (Å²) in [6.45, 7) is 0.529. The van der Waals surface area contributed by atoms with Gasteiger partial charge in [-0.1, -0.05) is 42.5 Å². The molecule has 2 aliphatic carbocycles. The number of fused-ring (bicyclic) bond motifs is 3. The Morgan fingerprint density at radius 2 is 1.68 bits per heavy atom. The van der Waals surface area contributed by atoms with E-state index in [9.17, 15) is 9.59 Å². The van der Waals surface area contributed by atoms with Gasteiger partial charge in [0.15, 0.2) is 0 Å². The Balaban J connectivity index is 1.29. The molecule has 0 bridgehead atoms. The van der Waals surface area contributed by atoms with Crippen molar-refractivity contribution in [2.24, 2.45) is 0 Å². The maximum Gasteiger partial charge on any atom is 0.322 e. The van der Waals surface area contributed by atoms with Crippen molar-refractivity contribution in [1.82, 2.24) is 10.2 Å². The zero-order valence-electron chi connectivity index (χ0n) is 17.5. The predicted molar refractivity (Wildman–Crippen MR) is 122 cm³/mol. The van der Waals surface area contributed by atoms with Crippen molar-refractivity contribution >= 4 is 17.6 Å². The summed E-state index contributed by atoms with van der Waals surface area (Å²) >= 11 is 0. The summed E-state index contributed by atoms with van der Waals surface area (Å²) < 4.78 is 0. The fourth-order valence-corrected chi connectivity index (χ4v) is 4.27. The van der Waals surface area contributed by atoms with Gasteiger partial charge in [-0.3, -0.25) is 4.79 Å². The van der Waals surface area contributed by atoms with Crippen molar-refractivity contribution < 1.29 is 9.59 Å². The van der Waals surface area contributed by atoms with E-state index in [0.717, 1.165) is 30.5 Å². The number of carbonyl (C=O) groups is 2. The molecule has 31 heavy (non-hydrogen) atoms. The first-order valence-corrected chi connectivity index (χ1v) is 10.7. The van der Waals surface area contributed by atoms with Crippen LogP contribution in [0.3, 0.4) is 0 Å². The minimum Gasteiger partial charge on any atom is -0.355 e. The van der Waals surface area contributed by atoms with E-state index in [1.807, 2.05) is 23.1 Å². The molecule has 0 unspecified atom stereocenters. The Bertz CT molecular complexity index is 1150. The van der Waals surface area contributed by atoms with Crippen LogP contribution in [0, 0.1) is 0 Å². The lowest BCUT2D eigenvalue weighted by Gasteiger charge is -2.23. The van der Waals surface area contributed by atoms with Crippen LogP contribution >= 0.6 is 0 Å². The molecular weight excluding hydrogens is 386 g/mol. The summed E-state index contributed by atoms with van der Waals surface area (Å²) in [7, 11) is 1.62. The van der Waals surface area contributed by atoms with E-state index >= 15 is 0 Å². The van der Waals surface area contributed by atoms with Crippen LogP contribution in [0.25, 0.3) is 11.1 Å².